The first-order valence-electron chi connectivity index (χ1n) is 10.7. The molecule has 0 radical (unpaired) electrons. The van der Waals surface area contributed by atoms with Crippen LogP contribution in [0.2, 0.25) is 0 Å². The number of benzene rings is 1. The second-order valence-electron chi connectivity index (χ2n) is 8.07. The van der Waals surface area contributed by atoms with Crippen LogP contribution >= 0.6 is 0 Å². The second kappa shape index (κ2) is 9.35. The van der Waals surface area contributed by atoms with E-state index in [4.69, 9.17) is 10.5 Å². The molecule has 4 N–H and O–H groups in total. The van der Waals surface area contributed by atoms with Gasteiger partial charge < -0.3 is 25.5 Å². The van der Waals surface area contributed by atoms with Crippen LogP contribution in [-0.2, 0) is 13.2 Å². The number of hydrogen-bond donors (Lipinski definition) is 3. The molecule has 0 aliphatic heterocycles. The largest absolute Gasteiger partial charge is 0.497 e. The van der Waals surface area contributed by atoms with E-state index >= 15 is 0 Å². The summed E-state index contributed by atoms with van der Waals surface area (Å²) in [6.07, 6.45) is 8.26. The van der Waals surface area contributed by atoms with Crippen LogP contribution in [0, 0.1) is 0 Å². The van der Waals surface area contributed by atoms with Gasteiger partial charge in [-0.05, 0) is 36.1 Å². The van der Waals surface area contributed by atoms with Crippen LogP contribution in [-0.4, -0.2) is 32.7 Å². The van der Waals surface area contributed by atoms with Gasteiger partial charge in [-0.15, -0.1) is 0 Å². The minimum atomic E-state index is -0.749. The summed E-state index contributed by atoms with van der Waals surface area (Å²) >= 11 is 0. The van der Waals surface area contributed by atoms with Crippen LogP contribution in [0.25, 0.3) is 11.0 Å². The van der Waals surface area contributed by atoms with Gasteiger partial charge in [-0.1, -0.05) is 25.3 Å². The number of nitrogens with one attached hydrogen (secondary N) is 1. The van der Waals surface area contributed by atoms with Crippen LogP contribution in [0.15, 0.2) is 35.4 Å². The summed E-state index contributed by atoms with van der Waals surface area (Å²) < 4.78 is 7.20. The van der Waals surface area contributed by atoms with Gasteiger partial charge in [-0.3, -0.25) is 9.59 Å². The Morgan fingerprint density at radius 1 is 1.25 bits per heavy atom. The van der Waals surface area contributed by atoms with E-state index in [2.05, 4.69) is 15.3 Å². The van der Waals surface area contributed by atoms with Gasteiger partial charge in [0.15, 0.2) is 0 Å². The number of carbonyl (C=O) groups excluding carboxylic acids is 1. The maximum Gasteiger partial charge on any atom is 0.254 e. The number of aliphatic hydroxyl groups is 1. The molecule has 1 amide bonds. The summed E-state index contributed by atoms with van der Waals surface area (Å²) in [5.74, 6) is 0.265. The van der Waals surface area contributed by atoms with Gasteiger partial charge in [-0.2, -0.15) is 4.98 Å². The number of primary amides is 1. The number of methoxy groups -OCH3 is 1. The lowest BCUT2D eigenvalue weighted by Crippen LogP contribution is -2.26. The van der Waals surface area contributed by atoms with Gasteiger partial charge >= 0.3 is 0 Å². The zero-order valence-corrected chi connectivity index (χ0v) is 18.0. The number of carbonyl (C=O) groups is 1. The fraction of sp³-hybridized carbons (Fsp3) is 0.391. The number of pyridine rings is 1. The number of nitrogens with two attached hydrogens (primary N) is 1. The van der Waals surface area contributed by atoms with Crippen LogP contribution < -0.4 is 21.2 Å². The highest BCUT2D eigenvalue weighted by molar-refractivity contribution is 5.95. The fourth-order valence-electron chi connectivity index (χ4n) is 4.25. The zero-order chi connectivity index (χ0) is 22.7. The Balaban J connectivity index is 1.70. The van der Waals surface area contributed by atoms with Gasteiger partial charge in [0.1, 0.15) is 17.0 Å². The molecule has 1 aromatic carbocycles. The summed E-state index contributed by atoms with van der Waals surface area (Å²) in [4.78, 5) is 33.5. The summed E-state index contributed by atoms with van der Waals surface area (Å²) in [5, 5.41) is 12.9. The fourth-order valence-corrected chi connectivity index (χ4v) is 4.25. The molecule has 1 aliphatic carbocycles. The quantitative estimate of drug-likeness (QED) is 0.517. The molecule has 9 heteroatoms. The molecule has 9 nitrogen and oxygen atoms in total. The minimum Gasteiger partial charge on any atom is -0.497 e. The molecule has 2 heterocycles. The zero-order valence-electron chi connectivity index (χ0n) is 18.0. The highest BCUT2D eigenvalue weighted by Gasteiger charge is 2.21. The van der Waals surface area contributed by atoms with Crippen molar-refractivity contribution in [2.45, 2.75) is 51.3 Å². The van der Waals surface area contributed by atoms with Crippen molar-refractivity contribution in [2.75, 3.05) is 12.4 Å². The van der Waals surface area contributed by atoms with Crippen LogP contribution in [0.5, 0.6) is 5.75 Å². The molecule has 4 rings (SSSR count). The molecule has 1 fully saturated rings. The van der Waals surface area contributed by atoms with Crippen LogP contribution in [0.1, 0.15) is 59.6 Å². The Bertz CT molecular complexity index is 1180. The van der Waals surface area contributed by atoms with Crippen molar-refractivity contribution in [3.8, 4) is 5.75 Å². The van der Waals surface area contributed by atoms with Crippen molar-refractivity contribution >= 4 is 22.9 Å². The topological polar surface area (TPSA) is 132 Å². The van der Waals surface area contributed by atoms with Gasteiger partial charge in [0.25, 0.3) is 5.91 Å². The first kappa shape index (κ1) is 21.8. The number of nitrogens with zero attached hydrogens (tertiary/aromatic N) is 3. The lowest BCUT2D eigenvalue weighted by Gasteiger charge is -2.26. The van der Waals surface area contributed by atoms with E-state index in [0.29, 0.717) is 23.9 Å². The standard InChI is InChI=1S/C23H27N5O4/c1-32-17-8-14(7-15(9-17)13-29)10-25-23-26-11-18-20(30)19(21(24)31)12-28(22(18)27-23)16-5-3-2-4-6-16/h7-9,11-12,16,29H,2-6,10,13H2,1H3,(H2,24,31)(H,25,26,27). The number of amides is 1. The summed E-state index contributed by atoms with van der Waals surface area (Å²) in [7, 11) is 1.57. The first-order chi connectivity index (χ1) is 15.5. The average molecular weight is 438 g/mol. The van der Waals surface area contributed by atoms with Gasteiger partial charge in [0.2, 0.25) is 11.4 Å². The Morgan fingerprint density at radius 2 is 2.00 bits per heavy atom. The van der Waals surface area contributed by atoms with E-state index in [9.17, 15) is 14.7 Å². The van der Waals surface area contributed by atoms with Crippen LogP contribution in [0.3, 0.4) is 0 Å². The van der Waals surface area contributed by atoms with Crippen molar-refractivity contribution in [3.63, 3.8) is 0 Å². The Hall–Kier alpha value is -3.46. The number of anilines is 1. The predicted octanol–water partition coefficient (Wildman–Crippen LogP) is 2.51. The molecular formula is C23H27N5O4. The van der Waals surface area contributed by atoms with Crippen molar-refractivity contribution in [1.29, 1.82) is 0 Å². The number of ether oxygens (including phenoxy) is 1. The van der Waals surface area contributed by atoms with Gasteiger partial charge in [-0.25, -0.2) is 4.98 Å². The number of fused-ring (bicyclic) bond motifs is 1. The maximum absolute atomic E-state index is 12.8. The second-order valence-corrected chi connectivity index (χ2v) is 8.07. The SMILES string of the molecule is COc1cc(CO)cc(CNc2ncc3c(=O)c(C(N)=O)cn(C4CCCCC4)c3n2)c1. The van der Waals surface area contributed by atoms with Crippen molar-refractivity contribution in [3.05, 3.63) is 57.5 Å². The monoisotopic (exact) mass is 437 g/mol. The van der Waals surface area contributed by atoms with E-state index < -0.39 is 11.3 Å². The number of rotatable bonds is 7. The van der Waals surface area contributed by atoms with Crippen LogP contribution in [0.4, 0.5) is 5.95 Å². The molecule has 2 aromatic heterocycles. The van der Waals surface area contributed by atoms with Crippen molar-refractivity contribution in [2.24, 2.45) is 5.73 Å². The Labute approximate surface area is 185 Å². The molecule has 3 aromatic rings. The van der Waals surface area contributed by atoms with E-state index in [1.807, 2.05) is 16.7 Å². The molecule has 0 unspecified atom stereocenters. The molecule has 1 saturated carbocycles. The highest BCUT2D eigenvalue weighted by Crippen LogP contribution is 2.30. The third kappa shape index (κ3) is 4.43. The first-order valence-corrected chi connectivity index (χ1v) is 10.7. The third-order valence-corrected chi connectivity index (χ3v) is 5.90. The normalized spacial score (nSPS) is 14.4. The van der Waals surface area contributed by atoms with E-state index in [-0.39, 0.29) is 23.6 Å². The molecule has 0 bridgehead atoms. The molecule has 168 valence electrons. The molecule has 0 atom stereocenters. The maximum atomic E-state index is 12.8. The summed E-state index contributed by atoms with van der Waals surface area (Å²) in [6, 6.07) is 5.66. The third-order valence-electron chi connectivity index (χ3n) is 5.90. The Morgan fingerprint density at radius 3 is 2.69 bits per heavy atom. The summed E-state index contributed by atoms with van der Waals surface area (Å²) in [6.45, 7) is 0.315. The molecule has 0 spiro atoms. The van der Waals surface area contributed by atoms with Gasteiger partial charge in [0, 0.05) is 25.0 Å². The lowest BCUT2D eigenvalue weighted by atomic mass is 9.95. The lowest BCUT2D eigenvalue weighted by molar-refractivity contribution is 0.0998. The minimum absolute atomic E-state index is 0.0414. The van der Waals surface area contributed by atoms with Crippen molar-refractivity contribution < 1.29 is 14.6 Å². The average Bonchev–Trinajstić information content (AvgIpc) is 2.83. The number of hydrogen-bond acceptors (Lipinski definition) is 7. The molecule has 0 saturated heterocycles. The predicted molar refractivity (Wildman–Crippen MR) is 121 cm³/mol. The van der Waals surface area contributed by atoms with E-state index in [1.54, 1.807) is 19.4 Å². The molecular weight excluding hydrogens is 410 g/mol. The van der Waals surface area contributed by atoms with E-state index in [1.165, 1.54) is 12.6 Å². The Kier molecular flexibility index (Phi) is 6.36. The van der Waals surface area contributed by atoms with E-state index in [0.717, 1.165) is 36.8 Å². The molecule has 32 heavy (non-hydrogen) atoms. The number of aromatic nitrogens is 3. The number of aliphatic hydroxyl groups excluding tert-OH is 1. The van der Waals surface area contributed by atoms with Crippen molar-refractivity contribution in [1.82, 2.24) is 14.5 Å². The van der Waals surface area contributed by atoms with Gasteiger partial charge in [0.05, 0.1) is 19.1 Å². The molecule has 1 aliphatic rings. The summed E-state index contributed by atoms with van der Waals surface area (Å²) in [5.41, 5.74) is 7.09. The highest BCUT2D eigenvalue weighted by atomic mass is 16.5. The smallest absolute Gasteiger partial charge is 0.254 e.